The van der Waals surface area contributed by atoms with Crippen LogP contribution in [0.15, 0.2) is 53.1 Å². The lowest BCUT2D eigenvalue weighted by Gasteiger charge is -2.12. The third-order valence-corrected chi connectivity index (χ3v) is 4.46. The van der Waals surface area contributed by atoms with Crippen molar-refractivity contribution in [3.63, 3.8) is 0 Å². The molecule has 3 aromatic rings. The van der Waals surface area contributed by atoms with Crippen LogP contribution in [0, 0.1) is 5.82 Å². The van der Waals surface area contributed by atoms with Crippen LogP contribution in [0.1, 0.15) is 16.1 Å². The first-order valence-electron chi connectivity index (χ1n) is 8.02. The largest absolute Gasteiger partial charge is 0.493 e. The highest BCUT2D eigenvalue weighted by atomic mass is 79.9. The number of ether oxygens (including phenoxy) is 2. The minimum Gasteiger partial charge on any atom is -0.493 e. The van der Waals surface area contributed by atoms with Crippen LogP contribution >= 0.6 is 15.9 Å². The van der Waals surface area contributed by atoms with Crippen LogP contribution in [0.5, 0.6) is 11.5 Å². The van der Waals surface area contributed by atoms with Gasteiger partial charge in [-0.05, 0) is 51.8 Å². The standard InChI is InChI=1S/C19H17BrFN3O3/c1-26-17-10-12(9-13(20)18(17)27-2)11-22-19(25)15-7-8-24(23-15)16-6-4-3-5-14(16)21/h3-10H,11H2,1-2H3,(H,22,25). The third-order valence-electron chi connectivity index (χ3n) is 3.87. The first-order chi connectivity index (χ1) is 13.0. The Hall–Kier alpha value is -2.87. The molecule has 0 fully saturated rings. The third kappa shape index (κ3) is 4.11. The number of aromatic nitrogens is 2. The number of amides is 1. The quantitative estimate of drug-likeness (QED) is 0.643. The van der Waals surface area contributed by atoms with Gasteiger partial charge in [0.15, 0.2) is 17.2 Å². The average molecular weight is 434 g/mol. The Labute approximate surface area is 164 Å². The average Bonchev–Trinajstić information content (AvgIpc) is 3.16. The van der Waals surface area contributed by atoms with Gasteiger partial charge < -0.3 is 14.8 Å². The highest BCUT2D eigenvalue weighted by Crippen LogP contribution is 2.36. The molecule has 0 aliphatic carbocycles. The van der Waals surface area contributed by atoms with Crippen molar-refractivity contribution in [3.05, 3.63) is 70.2 Å². The van der Waals surface area contributed by atoms with Gasteiger partial charge in [0, 0.05) is 12.7 Å². The molecule has 1 amide bonds. The summed E-state index contributed by atoms with van der Waals surface area (Å²) in [4.78, 5) is 12.4. The molecule has 140 valence electrons. The Morgan fingerprint density at radius 2 is 2.00 bits per heavy atom. The molecule has 1 aromatic heterocycles. The van der Waals surface area contributed by atoms with Crippen molar-refractivity contribution in [2.24, 2.45) is 0 Å². The second kappa shape index (κ2) is 8.22. The van der Waals surface area contributed by atoms with Crippen molar-refractivity contribution in [2.75, 3.05) is 14.2 Å². The predicted molar refractivity (Wildman–Crippen MR) is 102 cm³/mol. The molecule has 1 heterocycles. The summed E-state index contributed by atoms with van der Waals surface area (Å²) in [5.74, 6) is 0.356. The number of benzene rings is 2. The smallest absolute Gasteiger partial charge is 0.272 e. The molecule has 0 saturated heterocycles. The number of halogens is 2. The molecular formula is C19H17BrFN3O3. The molecule has 0 saturated carbocycles. The van der Waals surface area contributed by atoms with E-state index in [1.54, 1.807) is 44.7 Å². The van der Waals surface area contributed by atoms with Crippen molar-refractivity contribution < 1.29 is 18.7 Å². The van der Waals surface area contributed by atoms with E-state index in [1.165, 1.54) is 16.8 Å². The van der Waals surface area contributed by atoms with Gasteiger partial charge in [-0.1, -0.05) is 12.1 Å². The van der Waals surface area contributed by atoms with E-state index in [4.69, 9.17) is 9.47 Å². The maximum atomic E-state index is 13.8. The van der Waals surface area contributed by atoms with Gasteiger partial charge in [0.25, 0.3) is 5.91 Å². The summed E-state index contributed by atoms with van der Waals surface area (Å²) in [6.07, 6.45) is 1.54. The highest BCUT2D eigenvalue weighted by Gasteiger charge is 2.14. The number of hydrogen-bond acceptors (Lipinski definition) is 4. The molecule has 0 atom stereocenters. The molecule has 3 rings (SSSR count). The summed E-state index contributed by atoms with van der Waals surface area (Å²) in [6, 6.07) is 11.4. The van der Waals surface area contributed by atoms with E-state index in [1.807, 2.05) is 6.07 Å². The maximum absolute atomic E-state index is 13.8. The van der Waals surface area contributed by atoms with E-state index in [0.29, 0.717) is 11.5 Å². The van der Waals surface area contributed by atoms with Crippen LogP contribution in [0.3, 0.4) is 0 Å². The summed E-state index contributed by atoms with van der Waals surface area (Å²) in [7, 11) is 3.10. The Morgan fingerprint density at radius 1 is 1.22 bits per heavy atom. The molecule has 27 heavy (non-hydrogen) atoms. The molecule has 1 N–H and O–H groups in total. The second-order valence-electron chi connectivity index (χ2n) is 5.59. The molecule has 2 aromatic carbocycles. The summed E-state index contributed by atoms with van der Waals surface area (Å²) in [5.41, 5.74) is 1.29. The predicted octanol–water partition coefficient (Wildman–Crippen LogP) is 3.72. The number of rotatable bonds is 6. The van der Waals surface area contributed by atoms with Gasteiger partial charge in [0.1, 0.15) is 11.5 Å². The Balaban J connectivity index is 1.72. The van der Waals surface area contributed by atoms with Crippen LogP contribution < -0.4 is 14.8 Å². The van der Waals surface area contributed by atoms with Gasteiger partial charge in [-0.15, -0.1) is 0 Å². The number of nitrogens with zero attached hydrogens (tertiary/aromatic N) is 2. The Bertz CT molecular complexity index is 975. The number of para-hydroxylation sites is 1. The second-order valence-corrected chi connectivity index (χ2v) is 6.45. The van der Waals surface area contributed by atoms with E-state index in [2.05, 4.69) is 26.3 Å². The summed E-state index contributed by atoms with van der Waals surface area (Å²) in [6.45, 7) is 0.268. The van der Waals surface area contributed by atoms with Crippen molar-refractivity contribution >= 4 is 21.8 Å². The first kappa shape index (κ1) is 18.9. The van der Waals surface area contributed by atoms with E-state index >= 15 is 0 Å². The normalized spacial score (nSPS) is 10.5. The first-order valence-corrected chi connectivity index (χ1v) is 8.82. The number of carbonyl (C=O) groups excluding carboxylic acids is 1. The Morgan fingerprint density at radius 3 is 2.70 bits per heavy atom. The molecule has 0 spiro atoms. The molecule has 0 aliphatic heterocycles. The fourth-order valence-electron chi connectivity index (χ4n) is 2.56. The summed E-state index contributed by atoms with van der Waals surface area (Å²) in [5, 5.41) is 6.93. The van der Waals surface area contributed by atoms with Gasteiger partial charge in [0.2, 0.25) is 0 Å². The van der Waals surface area contributed by atoms with Crippen molar-refractivity contribution in [1.29, 1.82) is 0 Å². The molecule has 0 bridgehead atoms. The summed E-state index contributed by atoms with van der Waals surface area (Å²) >= 11 is 3.42. The molecular weight excluding hydrogens is 417 g/mol. The number of nitrogens with one attached hydrogen (secondary N) is 1. The minimum atomic E-state index is -0.414. The van der Waals surface area contributed by atoms with Crippen LogP contribution in [0.25, 0.3) is 5.69 Å². The number of hydrogen-bond donors (Lipinski definition) is 1. The molecule has 6 nitrogen and oxygen atoms in total. The lowest BCUT2D eigenvalue weighted by molar-refractivity contribution is 0.0945. The molecule has 0 aliphatic rings. The zero-order valence-corrected chi connectivity index (χ0v) is 16.3. The topological polar surface area (TPSA) is 65.4 Å². The highest BCUT2D eigenvalue weighted by molar-refractivity contribution is 9.10. The van der Waals surface area contributed by atoms with Crippen LogP contribution in [0.4, 0.5) is 4.39 Å². The molecule has 0 radical (unpaired) electrons. The Kier molecular flexibility index (Phi) is 5.75. The lowest BCUT2D eigenvalue weighted by Crippen LogP contribution is -2.23. The van der Waals surface area contributed by atoms with E-state index in [-0.39, 0.29) is 23.8 Å². The van der Waals surface area contributed by atoms with Crippen molar-refractivity contribution in [3.8, 4) is 17.2 Å². The zero-order valence-electron chi connectivity index (χ0n) is 14.7. The fourth-order valence-corrected chi connectivity index (χ4v) is 3.21. The van der Waals surface area contributed by atoms with E-state index < -0.39 is 5.82 Å². The zero-order chi connectivity index (χ0) is 19.4. The SMILES string of the molecule is COc1cc(CNC(=O)c2ccn(-c3ccccc3F)n2)cc(Br)c1OC. The molecule has 0 unspecified atom stereocenters. The maximum Gasteiger partial charge on any atom is 0.272 e. The van der Waals surface area contributed by atoms with Crippen LogP contribution in [-0.4, -0.2) is 29.9 Å². The lowest BCUT2D eigenvalue weighted by atomic mass is 10.2. The van der Waals surface area contributed by atoms with Crippen LogP contribution in [-0.2, 0) is 6.54 Å². The summed E-state index contributed by atoms with van der Waals surface area (Å²) < 4.78 is 26.5. The van der Waals surface area contributed by atoms with Gasteiger partial charge in [-0.25, -0.2) is 9.07 Å². The van der Waals surface area contributed by atoms with E-state index in [0.717, 1.165) is 10.0 Å². The number of carbonyl (C=O) groups is 1. The van der Waals surface area contributed by atoms with Gasteiger partial charge in [-0.2, -0.15) is 5.10 Å². The number of methoxy groups -OCH3 is 2. The van der Waals surface area contributed by atoms with Crippen LogP contribution in [0.2, 0.25) is 0 Å². The van der Waals surface area contributed by atoms with Gasteiger partial charge >= 0.3 is 0 Å². The van der Waals surface area contributed by atoms with Gasteiger partial charge in [0.05, 0.1) is 18.7 Å². The fraction of sp³-hybridized carbons (Fsp3) is 0.158. The monoisotopic (exact) mass is 433 g/mol. The molecule has 8 heteroatoms. The van der Waals surface area contributed by atoms with Crippen molar-refractivity contribution in [1.82, 2.24) is 15.1 Å². The van der Waals surface area contributed by atoms with E-state index in [9.17, 15) is 9.18 Å². The van der Waals surface area contributed by atoms with Gasteiger partial charge in [-0.3, -0.25) is 4.79 Å². The minimum absolute atomic E-state index is 0.192. The van der Waals surface area contributed by atoms with Crippen molar-refractivity contribution in [2.45, 2.75) is 6.54 Å².